The van der Waals surface area contributed by atoms with E-state index in [0.717, 1.165) is 23.3 Å². The van der Waals surface area contributed by atoms with Crippen LogP contribution in [0.3, 0.4) is 0 Å². The van der Waals surface area contributed by atoms with E-state index in [0.29, 0.717) is 36.6 Å². The van der Waals surface area contributed by atoms with Gasteiger partial charge in [-0.1, -0.05) is 0 Å². The standard InChI is InChI=1S/C19H23N9O3S/c1-12-11-31-9-8-27(12)16-10-13(14-4-7-21-26(14)2)17-18(25-32(3,29)30)24-28(19(17)22-16)15-5-6-20-23-15/h4-7,10,12H,8-9,11H2,1-3H3,(H,20,23)(H,24,25). The maximum atomic E-state index is 12.1. The molecule has 168 valence electrons. The van der Waals surface area contributed by atoms with Crippen molar-refractivity contribution in [1.82, 2.24) is 34.7 Å². The van der Waals surface area contributed by atoms with Crippen LogP contribution in [-0.2, 0) is 21.8 Å². The fourth-order valence-corrected chi connectivity index (χ4v) is 4.43. The smallest absolute Gasteiger partial charge is 0.231 e. The molecule has 2 N–H and O–H groups in total. The first-order valence-corrected chi connectivity index (χ1v) is 11.9. The van der Waals surface area contributed by atoms with Crippen molar-refractivity contribution < 1.29 is 13.2 Å². The van der Waals surface area contributed by atoms with Gasteiger partial charge in [-0.25, -0.2) is 13.4 Å². The lowest BCUT2D eigenvalue weighted by molar-refractivity contribution is 0.0985. The second kappa shape index (κ2) is 7.60. The van der Waals surface area contributed by atoms with Crippen LogP contribution in [0.15, 0.2) is 30.6 Å². The second-order valence-corrected chi connectivity index (χ2v) is 9.51. The minimum absolute atomic E-state index is 0.130. The van der Waals surface area contributed by atoms with Crippen LogP contribution in [-0.4, -0.2) is 75.2 Å². The van der Waals surface area contributed by atoms with Crippen LogP contribution in [0, 0.1) is 0 Å². The molecule has 12 nitrogen and oxygen atoms in total. The largest absolute Gasteiger partial charge is 0.377 e. The van der Waals surface area contributed by atoms with Crippen molar-refractivity contribution in [2.45, 2.75) is 13.0 Å². The van der Waals surface area contributed by atoms with E-state index in [9.17, 15) is 8.42 Å². The van der Waals surface area contributed by atoms with E-state index >= 15 is 0 Å². The van der Waals surface area contributed by atoms with Gasteiger partial charge >= 0.3 is 0 Å². The number of anilines is 2. The summed E-state index contributed by atoms with van der Waals surface area (Å²) in [6, 6.07) is 5.70. The SMILES string of the molecule is CC1COCCN1c1cc(-c2ccnn2C)c2c(NS(C)(=O)=O)nn(-c3ccn[nH]3)c2n1. The molecule has 4 aromatic rings. The van der Waals surface area contributed by atoms with Gasteiger partial charge in [0.05, 0.1) is 42.8 Å². The molecule has 5 rings (SSSR count). The summed E-state index contributed by atoms with van der Waals surface area (Å²) in [5.41, 5.74) is 2.06. The summed E-state index contributed by atoms with van der Waals surface area (Å²) in [6.45, 7) is 3.97. The third-order valence-corrected chi connectivity index (χ3v) is 5.94. The topological polar surface area (TPSA) is 136 Å². The molecule has 0 radical (unpaired) electrons. The fourth-order valence-electron chi connectivity index (χ4n) is 3.94. The molecule has 0 aromatic carbocycles. The number of hydrogen-bond donors (Lipinski definition) is 2. The Kier molecular flexibility index (Phi) is 4.86. The van der Waals surface area contributed by atoms with E-state index in [2.05, 4.69) is 36.9 Å². The van der Waals surface area contributed by atoms with Crippen molar-refractivity contribution in [2.75, 3.05) is 35.6 Å². The number of sulfonamides is 1. The molecule has 0 saturated carbocycles. The molecular formula is C19H23N9O3S. The number of aryl methyl sites for hydroxylation is 1. The van der Waals surface area contributed by atoms with Crippen LogP contribution in [0.2, 0.25) is 0 Å². The Hall–Kier alpha value is -3.45. The highest BCUT2D eigenvalue weighted by Crippen LogP contribution is 2.37. The van der Waals surface area contributed by atoms with Crippen LogP contribution in [0.25, 0.3) is 28.1 Å². The number of H-pyrrole nitrogens is 1. The Labute approximate surface area is 184 Å². The zero-order valence-corrected chi connectivity index (χ0v) is 18.7. The fraction of sp³-hybridized carbons (Fsp3) is 0.368. The van der Waals surface area contributed by atoms with Crippen LogP contribution < -0.4 is 9.62 Å². The highest BCUT2D eigenvalue weighted by molar-refractivity contribution is 7.92. The quantitative estimate of drug-likeness (QED) is 0.455. The van der Waals surface area contributed by atoms with Gasteiger partial charge < -0.3 is 9.64 Å². The summed E-state index contributed by atoms with van der Waals surface area (Å²) >= 11 is 0. The van der Waals surface area contributed by atoms with E-state index < -0.39 is 10.0 Å². The van der Waals surface area contributed by atoms with Crippen molar-refractivity contribution >= 4 is 32.7 Å². The lowest BCUT2D eigenvalue weighted by Gasteiger charge is -2.34. The van der Waals surface area contributed by atoms with E-state index in [1.165, 1.54) is 0 Å². The summed E-state index contributed by atoms with van der Waals surface area (Å²) in [4.78, 5) is 7.09. The number of morpholine rings is 1. The Morgan fingerprint density at radius 3 is 2.78 bits per heavy atom. The third-order valence-electron chi connectivity index (χ3n) is 5.38. The summed E-state index contributed by atoms with van der Waals surface area (Å²) in [5.74, 6) is 1.49. The van der Waals surface area contributed by atoms with Gasteiger partial charge in [0, 0.05) is 31.4 Å². The molecule has 1 unspecified atom stereocenters. The average molecular weight is 458 g/mol. The third kappa shape index (κ3) is 3.58. The Morgan fingerprint density at radius 1 is 1.28 bits per heavy atom. The zero-order chi connectivity index (χ0) is 22.5. The van der Waals surface area contributed by atoms with Crippen molar-refractivity contribution in [2.24, 2.45) is 7.05 Å². The number of fused-ring (bicyclic) bond motifs is 1. The monoisotopic (exact) mass is 457 g/mol. The maximum absolute atomic E-state index is 12.1. The van der Waals surface area contributed by atoms with Crippen molar-refractivity contribution in [1.29, 1.82) is 0 Å². The molecule has 5 heterocycles. The Morgan fingerprint density at radius 2 is 2.12 bits per heavy atom. The van der Waals surface area contributed by atoms with Gasteiger partial charge in [0.25, 0.3) is 0 Å². The first-order valence-electron chi connectivity index (χ1n) is 10.1. The molecular weight excluding hydrogens is 434 g/mol. The van der Waals surface area contributed by atoms with Gasteiger partial charge in [0.15, 0.2) is 17.3 Å². The van der Waals surface area contributed by atoms with E-state index in [-0.39, 0.29) is 11.9 Å². The van der Waals surface area contributed by atoms with Gasteiger partial charge in [-0.3, -0.25) is 14.5 Å². The maximum Gasteiger partial charge on any atom is 0.231 e. The lowest BCUT2D eigenvalue weighted by atomic mass is 10.1. The highest BCUT2D eigenvalue weighted by atomic mass is 32.2. The van der Waals surface area contributed by atoms with Gasteiger partial charge in [0.2, 0.25) is 10.0 Å². The molecule has 1 fully saturated rings. The Bertz CT molecular complexity index is 1370. The van der Waals surface area contributed by atoms with Crippen LogP contribution in [0.4, 0.5) is 11.6 Å². The number of pyridine rings is 1. The number of aromatic nitrogens is 7. The molecule has 1 aliphatic rings. The molecule has 0 bridgehead atoms. The number of rotatable bonds is 5. The van der Waals surface area contributed by atoms with Crippen LogP contribution in [0.1, 0.15) is 6.92 Å². The molecule has 1 saturated heterocycles. The Balaban J connectivity index is 1.84. The zero-order valence-electron chi connectivity index (χ0n) is 17.8. The summed E-state index contributed by atoms with van der Waals surface area (Å²) < 4.78 is 35.7. The average Bonchev–Trinajstić information content (AvgIpc) is 3.47. The van der Waals surface area contributed by atoms with Crippen LogP contribution >= 0.6 is 0 Å². The molecule has 4 aromatic heterocycles. The molecule has 1 atom stereocenters. The molecule has 0 aliphatic carbocycles. The highest BCUT2D eigenvalue weighted by Gasteiger charge is 2.27. The molecule has 32 heavy (non-hydrogen) atoms. The van der Waals surface area contributed by atoms with Crippen molar-refractivity contribution in [3.8, 4) is 17.1 Å². The van der Waals surface area contributed by atoms with Crippen molar-refractivity contribution in [3.05, 3.63) is 30.6 Å². The number of nitrogens with one attached hydrogen (secondary N) is 2. The lowest BCUT2D eigenvalue weighted by Crippen LogP contribution is -2.44. The first kappa shape index (κ1) is 20.5. The predicted octanol–water partition coefficient (Wildman–Crippen LogP) is 1.14. The first-order chi connectivity index (χ1) is 15.3. The number of hydrogen-bond acceptors (Lipinski definition) is 8. The van der Waals surface area contributed by atoms with Gasteiger partial charge in [0.1, 0.15) is 5.82 Å². The second-order valence-electron chi connectivity index (χ2n) is 7.76. The summed E-state index contributed by atoms with van der Waals surface area (Å²) in [6.07, 6.45) is 4.39. The number of aromatic amines is 1. The minimum atomic E-state index is -3.59. The molecule has 0 spiro atoms. The normalized spacial score (nSPS) is 17.2. The molecule has 1 aliphatic heterocycles. The predicted molar refractivity (Wildman–Crippen MR) is 119 cm³/mol. The molecule has 13 heteroatoms. The number of ether oxygens (including phenoxy) is 1. The van der Waals surface area contributed by atoms with Crippen molar-refractivity contribution in [3.63, 3.8) is 0 Å². The van der Waals surface area contributed by atoms with Crippen LogP contribution in [0.5, 0.6) is 0 Å². The molecule has 0 amide bonds. The van der Waals surface area contributed by atoms with E-state index in [1.54, 1.807) is 27.8 Å². The van der Waals surface area contributed by atoms with E-state index in [1.807, 2.05) is 19.2 Å². The van der Waals surface area contributed by atoms with Gasteiger partial charge in [-0.05, 0) is 19.1 Å². The summed E-state index contributed by atoms with van der Waals surface area (Å²) in [7, 11) is -1.75. The minimum Gasteiger partial charge on any atom is -0.377 e. The number of nitrogens with zero attached hydrogens (tertiary/aromatic N) is 7. The van der Waals surface area contributed by atoms with E-state index in [4.69, 9.17) is 9.72 Å². The van der Waals surface area contributed by atoms with Gasteiger partial charge in [-0.15, -0.1) is 5.10 Å². The summed E-state index contributed by atoms with van der Waals surface area (Å²) in [5, 5.41) is 16.3. The van der Waals surface area contributed by atoms with Gasteiger partial charge in [-0.2, -0.15) is 14.9 Å².